The standard InChI is InChI=1S/C21H20N3O2S/c25-19-12-18(19)23-7-9-24(10-8-23)21(26)15-3-1-14(2-4-15)16-5-6-20-17(11-16)22-13-27-20/h1-6,11,13,18,25H,7-10,12H2. The van der Waals surface area contributed by atoms with Crippen LogP contribution in [0.5, 0.6) is 0 Å². The van der Waals surface area contributed by atoms with Crippen LogP contribution in [-0.4, -0.2) is 58.0 Å². The normalized spacial score (nSPS) is 20.9. The average molecular weight is 378 g/mol. The molecule has 3 aromatic rings. The fraction of sp³-hybridized carbons (Fsp3) is 0.286. The molecule has 1 aliphatic carbocycles. The summed E-state index contributed by atoms with van der Waals surface area (Å²) in [5.74, 6) is 0.0835. The quantitative estimate of drug-likeness (QED) is 0.759. The van der Waals surface area contributed by atoms with E-state index in [1.165, 1.54) is 4.70 Å². The molecule has 2 heterocycles. The maximum atomic E-state index is 12.8. The van der Waals surface area contributed by atoms with Crippen molar-refractivity contribution in [1.82, 2.24) is 14.8 Å². The molecule has 2 aromatic carbocycles. The van der Waals surface area contributed by atoms with Crippen LogP contribution in [0.1, 0.15) is 16.8 Å². The van der Waals surface area contributed by atoms with Crippen LogP contribution in [-0.2, 0) is 0 Å². The molecule has 1 saturated heterocycles. The Hall–Kier alpha value is -2.28. The Labute approximate surface area is 161 Å². The molecule has 5 rings (SSSR count). The average Bonchev–Trinajstić information content (AvgIpc) is 3.26. The van der Waals surface area contributed by atoms with E-state index in [9.17, 15) is 9.90 Å². The molecular formula is C21H20N3O2S. The minimum Gasteiger partial charge on any atom is -0.385 e. The lowest BCUT2D eigenvalue weighted by Crippen LogP contribution is -2.49. The summed E-state index contributed by atoms with van der Waals surface area (Å²) in [5.41, 5.74) is 5.79. The smallest absolute Gasteiger partial charge is 0.253 e. The molecule has 2 aliphatic rings. The topological polar surface area (TPSA) is 56.7 Å². The molecule has 0 spiro atoms. The van der Waals surface area contributed by atoms with Crippen LogP contribution >= 0.6 is 11.3 Å². The minimum absolute atomic E-state index is 0.0835. The van der Waals surface area contributed by atoms with Crippen molar-refractivity contribution >= 4 is 27.5 Å². The molecule has 2 fully saturated rings. The van der Waals surface area contributed by atoms with Gasteiger partial charge >= 0.3 is 0 Å². The van der Waals surface area contributed by atoms with Gasteiger partial charge in [-0.25, -0.2) is 4.98 Å². The summed E-state index contributed by atoms with van der Waals surface area (Å²) in [6.07, 6.45) is 1.38. The van der Waals surface area contributed by atoms with E-state index in [0.717, 1.165) is 41.7 Å². The van der Waals surface area contributed by atoms with E-state index in [1.807, 2.05) is 34.7 Å². The highest BCUT2D eigenvalue weighted by atomic mass is 32.1. The number of aliphatic hydroxyl groups is 1. The van der Waals surface area contributed by atoms with Crippen molar-refractivity contribution in [2.45, 2.75) is 12.5 Å². The molecule has 137 valence electrons. The largest absolute Gasteiger partial charge is 0.385 e. The number of thiazole rings is 1. The second-order valence-corrected chi connectivity index (χ2v) is 8.04. The van der Waals surface area contributed by atoms with Gasteiger partial charge in [0.1, 0.15) is 6.10 Å². The number of aromatic nitrogens is 1. The lowest BCUT2D eigenvalue weighted by Gasteiger charge is -2.34. The number of rotatable bonds is 3. The van der Waals surface area contributed by atoms with Gasteiger partial charge in [0.15, 0.2) is 0 Å². The molecule has 0 bridgehead atoms. The zero-order valence-electron chi connectivity index (χ0n) is 14.8. The third-order valence-corrected chi connectivity index (χ3v) is 6.27. The van der Waals surface area contributed by atoms with Crippen molar-refractivity contribution < 1.29 is 9.90 Å². The summed E-state index contributed by atoms with van der Waals surface area (Å²) >= 11 is 1.64. The lowest BCUT2D eigenvalue weighted by atomic mass is 10.0. The third kappa shape index (κ3) is 3.25. The summed E-state index contributed by atoms with van der Waals surface area (Å²) in [4.78, 5) is 21.3. The molecule has 1 atom stereocenters. The first-order valence-electron chi connectivity index (χ1n) is 9.21. The minimum atomic E-state index is 0.0835. The molecule has 1 aromatic heterocycles. The zero-order valence-corrected chi connectivity index (χ0v) is 15.7. The third-order valence-electron chi connectivity index (χ3n) is 5.46. The SMILES string of the molecule is O=C(c1ccc(-c2ccc3scnc3c2)cc1)N1CCN(C2C[C]2O)CC1. The Morgan fingerprint density at radius 2 is 1.74 bits per heavy atom. The molecule has 27 heavy (non-hydrogen) atoms. The van der Waals surface area contributed by atoms with Gasteiger partial charge in [-0.3, -0.25) is 9.69 Å². The van der Waals surface area contributed by atoms with Crippen molar-refractivity contribution in [3.8, 4) is 11.1 Å². The van der Waals surface area contributed by atoms with Crippen LogP contribution in [0.15, 0.2) is 48.0 Å². The van der Waals surface area contributed by atoms with E-state index in [1.54, 1.807) is 11.3 Å². The van der Waals surface area contributed by atoms with Crippen LogP contribution in [0, 0.1) is 6.10 Å². The highest BCUT2D eigenvalue weighted by Crippen LogP contribution is 2.35. The van der Waals surface area contributed by atoms with Gasteiger partial charge in [-0.1, -0.05) is 18.2 Å². The number of carbonyl (C=O) groups excluding carboxylic acids is 1. The molecule has 6 heteroatoms. The Morgan fingerprint density at radius 3 is 2.44 bits per heavy atom. The fourth-order valence-electron chi connectivity index (χ4n) is 3.74. The van der Waals surface area contributed by atoms with Gasteiger partial charge in [0.2, 0.25) is 0 Å². The van der Waals surface area contributed by atoms with E-state index in [4.69, 9.17) is 0 Å². The van der Waals surface area contributed by atoms with Crippen molar-refractivity contribution in [1.29, 1.82) is 0 Å². The molecule has 1 N–H and O–H groups in total. The number of hydrogen-bond acceptors (Lipinski definition) is 5. The van der Waals surface area contributed by atoms with Gasteiger partial charge in [-0.2, -0.15) is 0 Å². The molecule has 1 amide bonds. The number of benzene rings is 2. The van der Waals surface area contributed by atoms with E-state index in [-0.39, 0.29) is 11.9 Å². The summed E-state index contributed by atoms with van der Waals surface area (Å²) in [6.45, 7) is 3.08. The zero-order chi connectivity index (χ0) is 18.4. The predicted molar refractivity (Wildman–Crippen MR) is 106 cm³/mol. The van der Waals surface area contributed by atoms with E-state index >= 15 is 0 Å². The Morgan fingerprint density at radius 1 is 1.04 bits per heavy atom. The number of carbonyl (C=O) groups is 1. The van der Waals surface area contributed by atoms with Gasteiger partial charge in [0, 0.05) is 37.8 Å². The number of hydrogen-bond donors (Lipinski definition) is 1. The predicted octanol–water partition coefficient (Wildman–Crippen LogP) is 3.40. The van der Waals surface area contributed by atoms with Crippen molar-refractivity contribution in [3.05, 3.63) is 59.6 Å². The van der Waals surface area contributed by atoms with E-state index < -0.39 is 0 Å². The fourth-order valence-corrected chi connectivity index (χ4v) is 4.40. The highest BCUT2D eigenvalue weighted by Gasteiger charge is 2.42. The molecule has 1 radical (unpaired) electrons. The number of piperazine rings is 1. The van der Waals surface area contributed by atoms with Gasteiger partial charge in [0.25, 0.3) is 5.91 Å². The first-order chi connectivity index (χ1) is 13.2. The van der Waals surface area contributed by atoms with Crippen molar-refractivity contribution in [3.63, 3.8) is 0 Å². The molecule has 1 aliphatic heterocycles. The summed E-state index contributed by atoms with van der Waals surface area (Å²) in [7, 11) is 0. The van der Waals surface area contributed by atoms with Gasteiger partial charge in [-0.15, -0.1) is 11.3 Å². The molecule has 5 nitrogen and oxygen atoms in total. The number of nitrogens with zero attached hydrogens (tertiary/aromatic N) is 3. The Balaban J connectivity index is 1.27. The second kappa shape index (κ2) is 6.71. The lowest BCUT2D eigenvalue weighted by molar-refractivity contribution is 0.0621. The monoisotopic (exact) mass is 378 g/mol. The first kappa shape index (κ1) is 16.9. The Bertz CT molecular complexity index is 977. The van der Waals surface area contributed by atoms with Crippen molar-refractivity contribution in [2.24, 2.45) is 0 Å². The maximum absolute atomic E-state index is 12.8. The Kier molecular flexibility index (Phi) is 4.19. The van der Waals surface area contributed by atoms with Gasteiger partial charge in [0.05, 0.1) is 15.7 Å². The molecule has 1 saturated carbocycles. The number of aliphatic hydroxyl groups excluding tert-OH is 1. The van der Waals surface area contributed by atoms with E-state index in [2.05, 4.69) is 28.1 Å². The summed E-state index contributed by atoms with van der Waals surface area (Å²) in [5, 5.41) is 9.49. The van der Waals surface area contributed by atoms with Crippen LogP contribution in [0.4, 0.5) is 0 Å². The first-order valence-corrected chi connectivity index (χ1v) is 10.1. The molecule has 1 unspecified atom stereocenters. The highest BCUT2D eigenvalue weighted by molar-refractivity contribution is 7.16. The second-order valence-electron chi connectivity index (χ2n) is 7.15. The van der Waals surface area contributed by atoms with Gasteiger partial charge < -0.3 is 10.0 Å². The number of fused-ring (bicyclic) bond motifs is 1. The van der Waals surface area contributed by atoms with Gasteiger partial charge in [-0.05, 0) is 41.8 Å². The summed E-state index contributed by atoms with van der Waals surface area (Å²) in [6, 6.07) is 14.4. The van der Waals surface area contributed by atoms with Crippen LogP contribution in [0.2, 0.25) is 0 Å². The van der Waals surface area contributed by atoms with E-state index in [0.29, 0.717) is 19.2 Å². The maximum Gasteiger partial charge on any atom is 0.253 e. The van der Waals surface area contributed by atoms with Crippen LogP contribution < -0.4 is 0 Å². The molecular weight excluding hydrogens is 358 g/mol. The van der Waals surface area contributed by atoms with Crippen LogP contribution in [0.3, 0.4) is 0 Å². The summed E-state index contributed by atoms with van der Waals surface area (Å²) < 4.78 is 1.18. The van der Waals surface area contributed by atoms with Crippen LogP contribution in [0.25, 0.3) is 21.3 Å². The number of amides is 1. The van der Waals surface area contributed by atoms with Crippen molar-refractivity contribution in [2.75, 3.05) is 26.2 Å².